The van der Waals surface area contributed by atoms with Crippen LogP contribution in [0.25, 0.3) is 0 Å². The fraction of sp³-hybridized carbons (Fsp3) is 0.467. The Balaban J connectivity index is 2.47. The van der Waals surface area contributed by atoms with E-state index in [1.165, 1.54) is 0 Å². The Kier molecular flexibility index (Phi) is 7.73. The van der Waals surface area contributed by atoms with Gasteiger partial charge in [0.25, 0.3) is 0 Å². The molecule has 4 nitrogen and oxygen atoms in total. The molecule has 0 spiro atoms. The van der Waals surface area contributed by atoms with Crippen molar-refractivity contribution >= 4 is 23.5 Å². The van der Waals surface area contributed by atoms with Crippen LogP contribution < -0.4 is 4.74 Å². The van der Waals surface area contributed by atoms with Gasteiger partial charge in [-0.05, 0) is 37.1 Å². The number of hydrogen-bond acceptors (Lipinski definition) is 4. The van der Waals surface area contributed by atoms with Crippen LogP contribution in [0.15, 0.2) is 24.3 Å². The van der Waals surface area contributed by atoms with Crippen LogP contribution in [-0.2, 0) is 9.53 Å². The number of benzene rings is 1. The van der Waals surface area contributed by atoms with Crippen molar-refractivity contribution in [3.05, 3.63) is 29.8 Å². The first-order chi connectivity index (χ1) is 9.67. The molecular formula is C15H19ClO4. The van der Waals surface area contributed by atoms with E-state index in [-0.39, 0.29) is 18.4 Å². The van der Waals surface area contributed by atoms with Gasteiger partial charge in [0.1, 0.15) is 5.75 Å². The predicted octanol–water partition coefficient (Wildman–Crippen LogP) is 3.57. The highest BCUT2D eigenvalue weighted by molar-refractivity contribution is 6.17. The van der Waals surface area contributed by atoms with Crippen LogP contribution in [0.3, 0.4) is 0 Å². The van der Waals surface area contributed by atoms with Crippen LogP contribution >= 0.6 is 11.6 Å². The van der Waals surface area contributed by atoms with Crippen molar-refractivity contribution in [2.24, 2.45) is 0 Å². The Hall–Kier alpha value is -1.55. The molecule has 0 heterocycles. The van der Waals surface area contributed by atoms with Gasteiger partial charge in [-0.25, -0.2) is 4.79 Å². The molecule has 0 amide bonds. The van der Waals surface area contributed by atoms with Crippen molar-refractivity contribution in [1.29, 1.82) is 0 Å². The van der Waals surface area contributed by atoms with Crippen LogP contribution in [0.2, 0.25) is 0 Å². The second-order valence-electron chi connectivity index (χ2n) is 4.28. The number of carbonyl (C=O) groups excluding carboxylic acids is 2. The zero-order valence-corrected chi connectivity index (χ0v) is 12.3. The number of halogens is 1. The Labute approximate surface area is 124 Å². The summed E-state index contributed by atoms with van der Waals surface area (Å²) in [6.07, 6.45) is 2.69. The van der Waals surface area contributed by atoms with Crippen LogP contribution in [0, 0.1) is 0 Å². The molecule has 1 rings (SSSR count). The lowest BCUT2D eigenvalue weighted by atomic mass is 10.2. The maximum atomic E-state index is 11.6. The van der Waals surface area contributed by atoms with E-state index in [4.69, 9.17) is 21.1 Å². The SMILES string of the molecule is CCCCOC(=O)c1ccc(OC(=O)CCCCl)cc1. The molecule has 0 N–H and O–H groups in total. The number of esters is 2. The lowest BCUT2D eigenvalue weighted by molar-refractivity contribution is -0.134. The van der Waals surface area contributed by atoms with Crippen molar-refractivity contribution in [3.63, 3.8) is 0 Å². The molecule has 0 fully saturated rings. The van der Waals surface area contributed by atoms with Crippen LogP contribution in [0.4, 0.5) is 0 Å². The first-order valence-electron chi connectivity index (χ1n) is 6.71. The zero-order valence-electron chi connectivity index (χ0n) is 11.6. The molecule has 0 saturated heterocycles. The average Bonchev–Trinajstić information content (AvgIpc) is 2.46. The molecule has 20 heavy (non-hydrogen) atoms. The summed E-state index contributed by atoms with van der Waals surface area (Å²) in [7, 11) is 0. The Morgan fingerprint density at radius 1 is 1.15 bits per heavy atom. The fourth-order valence-corrected chi connectivity index (χ4v) is 1.58. The standard InChI is InChI=1S/C15H19ClO4/c1-2-3-11-19-15(18)12-6-8-13(9-7-12)20-14(17)5-4-10-16/h6-9H,2-5,10-11H2,1H3. The van der Waals surface area contributed by atoms with Gasteiger partial charge in [-0.3, -0.25) is 4.79 Å². The first-order valence-corrected chi connectivity index (χ1v) is 7.24. The fourth-order valence-electron chi connectivity index (χ4n) is 1.45. The number of rotatable bonds is 8. The quantitative estimate of drug-likeness (QED) is 0.319. The molecule has 0 bridgehead atoms. The molecule has 0 saturated carbocycles. The second kappa shape index (κ2) is 9.37. The third kappa shape index (κ3) is 6.06. The van der Waals surface area contributed by atoms with E-state index in [9.17, 15) is 9.59 Å². The summed E-state index contributed by atoms with van der Waals surface area (Å²) in [6, 6.07) is 6.32. The van der Waals surface area contributed by atoms with Crippen LogP contribution in [0.1, 0.15) is 43.0 Å². The summed E-state index contributed by atoms with van der Waals surface area (Å²) in [5, 5.41) is 0. The van der Waals surface area contributed by atoms with Gasteiger partial charge in [0.2, 0.25) is 0 Å². The third-order valence-corrected chi connectivity index (χ3v) is 2.83. The number of ether oxygens (including phenoxy) is 2. The molecule has 0 aliphatic rings. The highest BCUT2D eigenvalue weighted by Gasteiger charge is 2.08. The molecule has 0 aliphatic heterocycles. The number of alkyl halides is 1. The Morgan fingerprint density at radius 3 is 2.45 bits per heavy atom. The van der Waals surface area contributed by atoms with Crippen LogP contribution in [0.5, 0.6) is 5.75 Å². The molecule has 5 heteroatoms. The monoisotopic (exact) mass is 298 g/mol. The molecule has 110 valence electrons. The van der Waals surface area contributed by atoms with Gasteiger partial charge in [0, 0.05) is 12.3 Å². The third-order valence-electron chi connectivity index (χ3n) is 2.57. The van der Waals surface area contributed by atoms with Crippen LogP contribution in [-0.4, -0.2) is 24.4 Å². The largest absolute Gasteiger partial charge is 0.462 e. The maximum absolute atomic E-state index is 11.6. The number of carbonyl (C=O) groups is 2. The minimum Gasteiger partial charge on any atom is -0.462 e. The summed E-state index contributed by atoms with van der Waals surface area (Å²) in [5.74, 6) is 0.148. The number of unbranched alkanes of at least 4 members (excludes halogenated alkanes) is 1. The van der Waals surface area contributed by atoms with Crippen molar-refractivity contribution in [2.75, 3.05) is 12.5 Å². The smallest absolute Gasteiger partial charge is 0.338 e. The van der Waals surface area contributed by atoms with Gasteiger partial charge in [-0.2, -0.15) is 0 Å². The van der Waals surface area contributed by atoms with E-state index in [0.717, 1.165) is 12.8 Å². The molecule has 1 aromatic carbocycles. The minimum absolute atomic E-state index is 0.282. The average molecular weight is 299 g/mol. The molecule has 1 aromatic rings. The highest BCUT2D eigenvalue weighted by Crippen LogP contribution is 2.14. The van der Waals surface area contributed by atoms with Gasteiger partial charge < -0.3 is 9.47 Å². The minimum atomic E-state index is -0.363. The van der Waals surface area contributed by atoms with Gasteiger partial charge >= 0.3 is 11.9 Å². The van der Waals surface area contributed by atoms with Crippen molar-refractivity contribution < 1.29 is 19.1 Å². The normalized spacial score (nSPS) is 10.1. The summed E-state index contributed by atoms with van der Waals surface area (Å²) >= 11 is 5.50. The molecule has 0 radical (unpaired) electrons. The van der Waals surface area contributed by atoms with E-state index in [1.807, 2.05) is 6.92 Å². The Morgan fingerprint density at radius 2 is 1.85 bits per heavy atom. The molecule has 0 unspecified atom stereocenters. The van der Waals surface area contributed by atoms with E-state index in [1.54, 1.807) is 24.3 Å². The second-order valence-corrected chi connectivity index (χ2v) is 4.66. The lowest BCUT2D eigenvalue weighted by Crippen LogP contribution is -2.09. The molecular weight excluding hydrogens is 280 g/mol. The van der Waals surface area contributed by atoms with Gasteiger partial charge in [-0.15, -0.1) is 11.6 Å². The lowest BCUT2D eigenvalue weighted by Gasteiger charge is -2.06. The Bertz CT molecular complexity index is 428. The molecule has 0 aromatic heterocycles. The highest BCUT2D eigenvalue weighted by atomic mass is 35.5. The summed E-state index contributed by atoms with van der Waals surface area (Å²) < 4.78 is 10.2. The van der Waals surface area contributed by atoms with Crippen molar-refractivity contribution in [1.82, 2.24) is 0 Å². The van der Waals surface area contributed by atoms with Crippen molar-refractivity contribution in [3.8, 4) is 5.75 Å². The van der Waals surface area contributed by atoms with Gasteiger partial charge in [0.15, 0.2) is 0 Å². The topological polar surface area (TPSA) is 52.6 Å². The summed E-state index contributed by atoms with van der Waals surface area (Å²) in [5.41, 5.74) is 0.446. The summed E-state index contributed by atoms with van der Waals surface area (Å²) in [6.45, 7) is 2.45. The van der Waals surface area contributed by atoms with E-state index in [0.29, 0.717) is 30.2 Å². The van der Waals surface area contributed by atoms with E-state index >= 15 is 0 Å². The predicted molar refractivity (Wildman–Crippen MR) is 77.2 cm³/mol. The zero-order chi connectivity index (χ0) is 14.8. The van der Waals surface area contributed by atoms with Gasteiger partial charge in [-0.1, -0.05) is 13.3 Å². The summed E-state index contributed by atoms with van der Waals surface area (Å²) in [4.78, 5) is 23.0. The first kappa shape index (κ1) is 16.5. The van der Waals surface area contributed by atoms with Crippen molar-refractivity contribution in [2.45, 2.75) is 32.6 Å². The van der Waals surface area contributed by atoms with E-state index in [2.05, 4.69) is 0 Å². The maximum Gasteiger partial charge on any atom is 0.338 e. The van der Waals surface area contributed by atoms with Gasteiger partial charge in [0.05, 0.1) is 12.2 Å². The molecule has 0 atom stereocenters. The molecule has 0 aliphatic carbocycles. The van der Waals surface area contributed by atoms with E-state index < -0.39 is 0 Å². The number of hydrogen-bond donors (Lipinski definition) is 0.